The molecule has 2 heteroatoms. The van der Waals surface area contributed by atoms with E-state index >= 15 is 0 Å². The summed E-state index contributed by atoms with van der Waals surface area (Å²) in [4.78, 5) is 3.85. The molecule has 1 nitrogen and oxygen atoms in total. The number of allylic oxidation sites excluding steroid dienone is 3. The van der Waals surface area contributed by atoms with Crippen LogP contribution in [0.1, 0.15) is 13.8 Å². The van der Waals surface area contributed by atoms with Gasteiger partial charge in [-0.1, -0.05) is 23.8 Å². The molecule has 0 aliphatic rings. The van der Waals surface area contributed by atoms with Gasteiger partial charge in [-0.25, -0.2) is 4.99 Å². The second-order valence-electron chi connectivity index (χ2n) is 1.43. The summed E-state index contributed by atoms with van der Waals surface area (Å²) in [5.74, 6) is 0. The molecule has 0 radical (unpaired) electrons. The molecule has 0 spiro atoms. The smallest absolute Gasteiger partial charge is 0.128 e. The Morgan fingerprint density at radius 3 is 2.44 bits per heavy atom. The first-order chi connectivity index (χ1) is 4.31. The Balaban J connectivity index is 3.84. The Morgan fingerprint density at radius 1 is 1.33 bits per heavy atom. The largest absolute Gasteiger partial charge is 0.245 e. The summed E-state index contributed by atoms with van der Waals surface area (Å²) < 4.78 is 0. The van der Waals surface area contributed by atoms with Gasteiger partial charge >= 0.3 is 0 Å². The predicted octanol–water partition coefficient (Wildman–Crippen LogP) is 2.73. The van der Waals surface area contributed by atoms with Crippen molar-refractivity contribution < 1.29 is 0 Å². The van der Waals surface area contributed by atoms with E-state index in [0.29, 0.717) is 5.17 Å². The lowest BCUT2D eigenvalue weighted by Gasteiger charge is -1.80. The zero-order chi connectivity index (χ0) is 7.11. The Labute approximate surface area is 60.7 Å². The Kier molecular flexibility index (Phi) is 5.23. The van der Waals surface area contributed by atoms with Gasteiger partial charge in [0.2, 0.25) is 0 Å². The molecule has 0 aromatic heterocycles. The normalized spacial score (nSPS) is 13.9. The molecule has 0 atom stereocenters. The molecule has 0 saturated heterocycles. The van der Waals surface area contributed by atoms with Gasteiger partial charge in [-0.05, 0) is 19.9 Å². The van der Waals surface area contributed by atoms with Crippen LogP contribution in [0.4, 0.5) is 0 Å². The fourth-order valence-electron chi connectivity index (χ4n) is 0.326. The fourth-order valence-corrected chi connectivity index (χ4v) is 0.509. The van der Waals surface area contributed by atoms with Crippen LogP contribution in [0.15, 0.2) is 29.4 Å². The summed E-state index contributed by atoms with van der Waals surface area (Å²) in [5.41, 5.74) is 0. The van der Waals surface area contributed by atoms with Crippen molar-refractivity contribution in [2.75, 3.05) is 0 Å². The van der Waals surface area contributed by atoms with Crippen LogP contribution in [0.2, 0.25) is 0 Å². The Bertz CT molecular complexity index is 145. The van der Waals surface area contributed by atoms with Crippen molar-refractivity contribution in [2.24, 2.45) is 4.99 Å². The van der Waals surface area contributed by atoms with Gasteiger partial charge in [0.15, 0.2) is 0 Å². The summed E-state index contributed by atoms with van der Waals surface area (Å²) >= 11 is 5.57. The third-order valence-electron chi connectivity index (χ3n) is 0.651. The quantitative estimate of drug-likeness (QED) is 0.527. The van der Waals surface area contributed by atoms with Gasteiger partial charge < -0.3 is 0 Å². The molecule has 0 bridgehead atoms. The summed E-state index contributed by atoms with van der Waals surface area (Å²) in [6, 6.07) is 0. The lowest BCUT2D eigenvalue weighted by atomic mass is 10.5. The third kappa shape index (κ3) is 5.31. The van der Waals surface area contributed by atoms with Crippen LogP contribution in [0, 0.1) is 0 Å². The molecule has 0 unspecified atom stereocenters. The standard InChI is InChI=1S/C7H10ClN/c1-3-5-7(8)9-6-4-2/h3-6H,1-2H3. The highest BCUT2D eigenvalue weighted by Gasteiger charge is 1.77. The molecule has 0 heterocycles. The van der Waals surface area contributed by atoms with Crippen molar-refractivity contribution in [1.82, 2.24) is 0 Å². The maximum Gasteiger partial charge on any atom is 0.128 e. The van der Waals surface area contributed by atoms with Gasteiger partial charge in [-0.2, -0.15) is 0 Å². The Hall–Kier alpha value is -0.560. The highest BCUT2D eigenvalue weighted by Crippen LogP contribution is 1.88. The highest BCUT2D eigenvalue weighted by atomic mass is 35.5. The lowest BCUT2D eigenvalue weighted by Crippen LogP contribution is -1.74. The molecule has 0 aromatic rings. The number of aliphatic imine (C=N–C) groups is 1. The van der Waals surface area contributed by atoms with Crippen LogP contribution >= 0.6 is 11.6 Å². The molecule has 0 saturated carbocycles. The molecule has 0 aromatic carbocycles. The minimum Gasteiger partial charge on any atom is -0.245 e. The van der Waals surface area contributed by atoms with E-state index in [-0.39, 0.29) is 0 Å². The first-order valence-electron chi connectivity index (χ1n) is 2.78. The van der Waals surface area contributed by atoms with Crippen LogP contribution < -0.4 is 0 Å². The van der Waals surface area contributed by atoms with Gasteiger partial charge in [0.25, 0.3) is 0 Å². The van der Waals surface area contributed by atoms with Crippen molar-refractivity contribution in [1.29, 1.82) is 0 Å². The highest BCUT2D eigenvalue weighted by molar-refractivity contribution is 6.68. The lowest BCUT2D eigenvalue weighted by molar-refractivity contribution is 1.54. The molecular weight excluding hydrogens is 134 g/mol. The molecule has 0 aliphatic heterocycles. The zero-order valence-electron chi connectivity index (χ0n) is 5.63. The average Bonchev–Trinajstić information content (AvgIpc) is 1.85. The molecule has 0 rings (SSSR count). The van der Waals surface area contributed by atoms with Crippen LogP contribution in [0.25, 0.3) is 0 Å². The van der Waals surface area contributed by atoms with Gasteiger partial charge in [-0.15, -0.1) is 0 Å². The summed E-state index contributed by atoms with van der Waals surface area (Å²) in [7, 11) is 0. The molecular formula is C7H10ClN. The van der Waals surface area contributed by atoms with Crippen LogP contribution in [-0.2, 0) is 0 Å². The van der Waals surface area contributed by atoms with Gasteiger partial charge in [0.05, 0.1) is 0 Å². The number of nitrogens with zero attached hydrogens (tertiary/aromatic N) is 1. The van der Waals surface area contributed by atoms with Crippen molar-refractivity contribution in [3.8, 4) is 0 Å². The Morgan fingerprint density at radius 2 is 2.00 bits per heavy atom. The fraction of sp³-hybridized carbons (Fsp3) is 0.286. The van der Waals surface area contributed by atoms with Crippen molar-refractivity contribution in [2.45, 2.75) is 13.8 Å². The molecule has 0 fully saturated rings. The molecule has 0 N–H and O–H groups in total. The number of hydrogen-bond acceptors (Lipinski definition) is 1. The molecule has 0 amide bonds. The minimum atomic E-state index is 0.510. The second-order valence-corrected chi connectivity index (χ2v) is 1.82. The van der Waals surface area contributed by atoms with Gasteiger partial charge in [0.1, 0.15) is 5.17 Å². The minimum absolute atomic E-state index is 0.510. The summed E-state index contributed by atoms with van der Waals surface area (Å²) in [5, 5.41) is 0.510. The second kappa shape index (κ2) is 5.57. The first kappa shape index (κ1) is 8.44. The number of rotatable bonds is 2. The monoisotopic (exact) mass is 143 g/mol. The average molecular weight is 144 g/mol. The molecule has 9 heavy (non-hydrogen) atoms. The van der Waals surface area contributed by atoms with Crippen molar-refractivity contribution in [3.63, 3.8) is 0 Å². The molecule has 0 aliphatic carbocycles. The van der Waals surface area contributed by atoms with E-state index in [9.17, 15) is 0 Å². The SMILES string of the molecule is CC=CN=C(Cl)C=CC. The maximum absolute atomic E-state index is 5.57. The maximum atomic E-state index is 5.57. The van der Waals surface area contributed by atoms with Crippen molar-refractivity contribution >= 4 is 16.8 Å². The summed E-state index contributed by atoms with van der Waals surface area (Å²) in [6.07, 6.45) is 7.06. The third-order valence-corrected chi connectivity index (χ3v) is 0.875. The van der Waals surface area contributed by atoms with E-state index in [1.54, 1.807) is 12.3 Å². The number of hydrogen-bond donors (Lipinski definition) is 0. The topological polar surface area (TPSA) is 12.4 Å². The van der Waals surface area contributed by atoms with Crippen molar-refractivity contribution in [3.05, 3.63) is 24.4 Å². The van der Waals surface area contributed by atoms with E-state index in [1.807, 2.05) is 26.0 Å². The predicted molar refractivity (Wildman–Crippen MR) is 42.9 cm³/mol. The first-order valence-corrected chi connectivity index (χ1v) is 3.16. The van der Waals surface area contributed by atoms with E-state index in [2.05, 4.69) is 4.99 Å². The van der Waals surface area contributed by atoms with Gasteiger partial charge in [-0.3, -0.25) is 0 Å². The van der Waals surface area contributed by atoms with E-state index in [4.69, 9.17) is 11.6 Å². The van der Waals surface area contributed by atoms with Gasteiger partial charge in [0, 0.05) is 6.20 Å². The van der Waals surface area contributed by atoms with Crippen LogP contribution in [0.3, 0.4) is 0 Å². The van der Waals surface area contributed by atoms with Crippen LogP contribution in [-0.4, -0.2) is 5.17 Å². The van der Waals surface area contributed by atoms with E-state index < -0.39 is 0 Å². The van der Waals surface area contributed by atoms with E-state index in [1.165, 1.54) is 0 Å². The number of halogens is 1. The van der Waals surface area contributed by atoms with E-state index in [0.717, 1.165) is 0 Å². The molecule has 50 valence electrons. The van der Waals surface area contributed by atoms with Crippen LogP contribution in [0.5, 0.6) is 0 Å². The summed E-state index contributed by atoms with van der Waals surface area (Å²) in [6.45, 7) is 3.79. The zero-order valence-corrected chi connectivity index (χ0v) is 6.39.